The Balaban J connectivity index is 1.98. The van der Waals surface area contributed by atoms with Crippen LogP contribution in [0.3, 0.4) is 0 Å². The highest BCUT2D eigenvalue weighted by molar-refractivity contribution is 5.96. The van der Waals surface area contributed by atoms with Gasteiger partial charge in [0.15, 0.2) is 0 Å². The van der Waals surface area contributed by atoms with E-state index >= 15 is 0 Å². The number of carbonyl (C=O) groups is 1. The molecule has 6 nitrogen and oxygen atoms in total. The smallest absolute Gasteiger partial charge is 0.257 e. The standard InChI is InChI=1S/C19H19FN4O2/c1-3-26-19-14(8-6-10-22-19)18(25)23-16(17-21-11-12-24(17)2)13-7-4-5-9-15(13)20/h4-12,16H,3H2,1-2H3,(H,23,25). The van der Waals surface area contributed by atoms with E-state index in [0.717, 1.165) is 0 Å². The predicted molar refractivity (Wildman–Crippen MR) is 94.3 cm³/mol. The van der Waals surface area contributed by atoms with Crippen LogP contribution in [0.2, 0.25) is 0 Å². The second-order valence-corrected chi connectivity index (χ2v) is 5.61. The number of nitrogens with one attached hydrogen (secondary N) is 1. The van der Waals surface area contributed by atoms with Crippen LogP contribution in [0.5, 0.6) is 5.88 Å². The van der Waals surface area contributed by atoms with Gasteiger partial charge in [0.2, 0.25) is 5.88 Å². The Labute approximate surface area is 150 Å². The van der Waals surface area contributed by atoms with E-state index in [9.17, 15) is 9.18 Å². The van der Waals surface area contributed by atoms with E-state index in [2.05, 4.69) is 15.3 Å². The van der Waals surface area contributed by atoms with Gasteiger partial charge in [-0.3, -0.25) is 4.79 Å². The van der Waals surface area contributed by atoms with E-state index in [1.54, 1.807) is 60.5 Å². The average Bonchev–Trinajstić information content (AvgIpc) is 3.07. The zero-order valence-corrected chi connectivity index (χ0v) is 14.5. The summed E-state index contributed by atoms with van der Waals surface area (Å²) >= 11 is 0. The molecule has 3 rings (SSSR count). The zero-order chi connectivity index (χ0) is 18.5. The van der Waals surface area contributed by atoms with Crippen LogP contribution in [0.25, 0.3) is 0 Å². The summed E-state index contributed by atoms with van der Waals surface area (Å²) in [4.78, 5) is 21.2. The summed E-state index contributed by atoms with van der Waals surface area (Å²) in [7, 11) is 1.79. The summed E-state index contributed by atoms with van der Waals surface area (Å²) in [6.45, 7) is 2.19. The Bertz CT molecular complexity index is 910. The fraction of sp³-hybridized carbons (Fsp3) is 0.211. The normalized spacial score (nSPS) is 11.8. The number of aryl methyl sites for hydroxylation is 1. The molecule has 1 N–H and O–H groups in total. The molecule has 3 aromatic rings. The van der Waals surface area contributed by atoms with Crippen molar-refractivity contribution in [2.45, 2.75) is 13.0 Å². The van der Waals surface area contributed by atoms with Gasteiger partial charge in [-0.15, -0.1) is 0 Å². The molecule has 0 aliphatic carbocycles. The molecule has 1 amide bonds. The monoisotopic (exact) mass is 354 g/mol. The van der Waals surface area contributed by atoms with Crippen molar-refractivity contribution in [3.05, 3.63) is 77.8 Å². The molecule has 0 saturated heterocycles. The molecule has 2 heterocycles. The molecule has 0 aliphatic heterocycles. The van der Waals surface area contributed by atoms with Crippen LogP contribution in [-0.2, 0) is 7.05 Å². The molecule has 0 fully saturated rings. The van der Waals surface area contributed by atoms with Crippen LogP contribution < -0.4 is 10.1 Å². The van der Waals surface area contributed by atoms with E-state index in [1.807, 2.05) is 6.92 Å². The third-order valence-electron chi connectivity index (χ3n) is 3.91. The number of rotatable bonds is 6. The van der Waals surface area contributed by atoms with Crippen molar-refractivity contribution in [3.8, 4) is 5.88 Å². The predicted octanol–water partition coefficient (Wildman–Crippen LogP) is 2.87. The van der Waals surface area contributed by atoms with E-state index in [0.29, 0.717) is 18.0 Å². The summed E-state index contributed by atoms with van der Waals surface area (Å²) in [5.41, 5.74) is 0.613. The van der Waals surface area contributed by atoms with Gasteiger partial charge in [-0.2, -0.15) is 0 Å². The SMILES string of the molecule is CCOc1ncccc1C(=O)NC(c1ccccc1F)c1nccn1C. The van der Waals surface area contributed by atoms with Crippen molar-refractivity contribution >= 4 is 5.91 Å². The fourth-order valence-electron chi connectivity index (χ4n) is 2.67. The summed E-state index contributed by atoms with van der Waals surface area (Å²) in [6, 6.07) is 8.81. The highest BCUT2D eigenvalue weighted by Crippen LogP contribution is 2.24. The van der Waals surface area contributed by atoms with Gasteiger partial charge < -0.3 is 14.6 Å². The van der Waals surface area contributed by atoms with Crippen LogP contribution in [0.4, 0.5) is 4.39 Å². The number of hydrogen-bond donors (Lipinski definition) is 1. The number of halogens is 1. The first-order chi connectivity index (χ1) is 12.6. The molecular formula is C19H19FN4O2. The Morgan fingerprint density at radius 3 is 2.73 bits per heavy atom. The molecule has 0 bridgehead atoms. The number of carbonyl (C=O) groups excluding carboxylic acids is 1. The zero-order valence-electron chi connectivity index (χ0n) is 14.5. The molecule has 134 valence electrons. The minimum atomic E-state index is -0.751. The second kappa shape index (κ2) is 7.77. The number of ether oxygens (including phenoxy) is 1. The number of imidazole rings is 1. The third kappa shape index (κ3) is 3.56. The van der Waals surface area contributed by atoms with E-state index in [4.69, 9.17) is 4.74 Å². The lowest BCUT2D eigenvalue weighted by molar-refractivity contribution is 0.0936. The average molecular weight is 354 g/mol. The van der Waals surface area contributed by atoms with E-state index < -0.39 is 17.8 Å². The summed E-state index contributed by atoms with van der Waals surface area (Å²) in [5.74, 6) is -0.0836. The van der Waals surface area contributed by atoms with Gasteiger partial charge in [-0.25, -0.2) is 14.4 Å². The lowest BCUT2D eigenvalue weighted by Crippen LogP contribution is -2.32. The van der Waals surface area contributed by atoms with Crippen molar-refractivity contribution in [2.75, 3.05) is 6.61 Å². The summed E-state index contributed by atoms with van der Waals surface area (Å²) in [5, 5.41) is 2.85. The van der Waals surface area contributed by atoms with Gasteiger partial charge in [0, 0.05) is 31.2 Å². The minimum absolute atomic E-state index is 0.236. The van der Waals surface area contributed by atoms with Crippen LogP contribution in [-0.4, -0.2) is 27.0 Å². The summed E-state index contributed by atoms with van der Waals surface area (Å²) < 4.78 is 21.5. The number of nitrogens with zero attached hydrogens (tertiary/aromatic N) is 3. The fourth-order valence-corrected chi connectivity index (χ4v) is 2.67. The van der Waals surface area contributed by atoms with Gasteiger partial charge in [0.1, 0.15) is 23.2 Å². The van der Waals surface area contributed by atoms with Crippen molar-refractivity contribution in [1.29, 1.82) is 0 Å². The number of hydrogen-bond acceptors (Lipinski definition) is 4. The van der Waals surface area contributed by atoms with Crippen molar-refractivity contribution in [1.82, 2.24) is 19.9 Å². The number of aromatic nitrogens is 3. The van der Waals surface area contributed by atoms with Crippen LogP contribution in [0, 0.1) is 5.82 Å². The van der Waals surface area contributed by atoms with E-state index in [1.165, 1.54) is 6.07 Å². The molecule has 26 heavy (non-hydrogen) atoms. The van der Waals surface area contributed by atoms with Gasteiger partial charge in [0.25, 0.3) is 5.91 Å². The molecule has 0 radical (unpaired) electrons. The third-order valence-corrected chi connectivity index (χ3v) is 3.91. The van der Waals surface area contributed by atoms with Gasteiger partial charge in [0.05, 0.1) is 6.61 Å². The molecule has 0 saturated carbocycles. The number of benzene rings is 1. The second-order valence-electron chi connectivity index (χ2n) is 5.61. The first-order valence-electron chi connectivity index (χ1n) is 8.22. The Kier molecular flexibility index (Phi) is 5.26. The van der Waals surface area contributed by atoms with Gasteiger partial charge in [-0.05, 0) is 25.1 Å². The molecule has 7 heteroatoms. The molecule has 2 aromatic heterocycles. The molecule has 1 atom stereocenters. The Morgan fingerprint density at radius 1 is 1.23 bits per heavy atom. The minimum Gasteiger partial charge on any atom is -0.477 e. The van der Waals surface area contributed by atoms with Gasteiger partial charge in [-0.1, -0.05) is 18.2 Å². The maximum atomic E-state index is 14.4. The first-order valence-corrected chi connectivity index (χ1v) is 8.22. The molecule has 0 spiro atoms. The number of amides is 1. The van der Waals surface area contributed by atoms with Crippen LogP contribution >= 0.6 is 0 Å². The quantitative estimate of drug-likeness (QED) is 0.739. The van der Waals surface area contributed by atoms with Crippen molar-refractivity contribution < 1.29 is 13.9 Å². The molecular weight excluding hydrogens is 335 g/mol. The van der Waals surface area contributed by atoms with Gasteiger partial charge >= 0.3 is 0 Å². The van der Waals surface area contributed by atoms with E-state index in [-0.39, 0.29) is 11.4 Å². The molecule has 1 aromatic carbocycles. The van der Waals surface area contributed by atoms with Crippen LogP contribution in [0.15, 0.2) is 55.0 Å². The summed E-state index contributed by atoms with van der Waals surface area (Å²) in [6.07, 6.45) is 4.89. The number of pyridine rings is 1. The maximum absolute atomic E-state index is 14.4. The van der Waals surface area contributed by atoms with Crippen LogP contribution in [0.1, 0.15) is 34.7 Å². The molecule has 0 aliphatic rings. The van der Waals surface area contributed by atoms with Crippen molar-refractivity contribution in [3.63, 3.8) is 0 Å². The highest BCUT2D eigenvalue weighted by atomic mass is 19.1. The topological polar surface area (TPSA) is 69.0 Å². The Hall–Kier alpha value is -3.22. The molecule has 1 unspecified atom stereocenters. The lowest BCUT2D eigenvalue weighted by Gasteiger charge is -2.20. The highest BCUT2D eigenvalue weighted by Gasteiger charge is 2.25. The maximum Gasteiger partial charge on any atom is 0.257 e. The van der Waals surface area contributed by atoms with Crippen molar-refractivity contribution in [2.24, 2.45) is 7.05 Å². The largest absolute Gasteiger partial charge is 0.477 e. The lowest BCUT2D eigenvalue weighted by atomic mass is 10.0. The first kappa shape index (κ1) is 17.6. The Morgan fingerprint density at radius 2 is 2.04 bits per heavy atom.